The topological polar surface area (TPSA) is 84.7 Å². The van der Waals surface area contributed by atoms with Crippen LogP contribution in [0.25, 0.3) is 5.65 Å². The van der Waals surface area contributed by atoms with Crippen molar-refractivity contribution in [2.45, 2.75) is 19.4 Å². The number of amides is 2. The van der Waals surface area contributed by atoms with Gasteiger partial charge in [-0.05, 0) is 67.4 Å². The van der Waals surface area contributed by atoms with Crippen LogP contribution in [0.15, 0.2) is 79.1 Å². The van der Waals surface area contributed by atoms with Crippen LogP contribution in [-0.4, -0.2) is 21.2 Å². The highest BCUT2D eigenvalue weighted by Crippen LogP contribution is 2.30. The van der Waals surface area contributed by atoms with Crippen LogP contribution in [-0.2, 0) is 11.4 Å². The lowest BCUT2D eigenvalue weighted by Crippen LogP contribution is -2.14. The Morgan fingerprint density at radius 3 is 2.50 bits per heavy atom. The van der Waals surface area contributed by atoms with Crippen LogP contribution >= 0.6 is 0 Å². The third-order valence-electron chi connectivity index (χ3n) is 5.26. The number of benzene rings is 2. The molecule has 0 unspecified atom stereocenters. The van der Waals surface area contributed by atoms with Gasteiger partial charge in [0.1, 0.15) is 18.0 Å². The largest absolute Gasteiger partial charge is 0.487 e. The van der Waals surface area contributed by atoms with Crippen molar-refractivity contribution in [2.24, 2.45) is 5.92 Å². The standard InChI is InChI=1S/C25H22N4O3/c30-24(17-7-8-17)27-19-9-11-20(12-10-19)28-25(31)18-4-3-5-22(14-18)32-16-21-15-29-13-2-1-6-23(29)26-21/h1-6,9-15,17H,7-8,16H2,(H,27,30)(H,28,31). The van der Waals surface area contributed by atoms with E-state index in [1.54, 1.807) is 42.5 Å². The van der Waals surface area contributed by atoms with E-state index in [0.29, 0.717) is 23.6 Å². The summed E-state index contributed by atoms with van der Waals surface area (Å²) in [4.78, 5) is 29.0. The molecule has 2 aromatic carbocycles. The third-order valence-corrected chi connectivity index (χ3v) is 5.26. The maximum atomic E-state index is 12.7. The third kappa shape index (κ3) is 4.62. The molecule has 4 aromatic rings. The highest BCUT2D eigenvalue weighted by atomic mass is 16.5. The van der Waals surface area contributed by atoms with E-state index in [0.717, 1.165) is 29.9 Å². The van der Waals surface area contributed by atoms with Crippen LogP contribution in [0.5, 0.6) is 5.75 Å². The molecule has 32 heavy (non-hydrogen) atoms. The van der Waals surface area contributed by atoms with Crippen molar-refractivity contribution in [2.75, 3.05) is 10.6 Å². The minimum absolute atomic E-state index is 0.0576. The molecular weight excluding hydrogens is 404 g/mol. The lowest BCUT2D eigenvalue weighted by molar-refractivity contribution is -0.117. The van der Waals surface area contributed by atoms with Crippen molar-refractivity contribution in [1.29, 1.82) is 0 Å². The summed E-state index contributed by atoms with van der Waals surface area (Å²) in [6.45, 7) is 0.306. The van der Waals surface area contributed by atoms with Gasteiger partial charge in [-0.25, -0.2) is 4.98 Å². The number of carbonyl (C=O) groups excluding carboxylic acids is 2. The molecule has 2 amide bonds. The molecule has 1 saturated carbocycles. The number of hydrogen-bond donors (Lipinski definition) is 2. The summed E-state index contributed by atoms with van der Waals surface area (Å²) in [5.41, 5.74) is 3.53. The minimum atomic E-state index is -0.238. The van der Waals surface area contributed by atoms with Gasteiger partial charge in [0, 0.05) is 35.2 Å². The highest BCUT2D eigenvalue weighted by Gasteiger charge is 2.29. The number of imidazole rings is 1. The second kappa shape index (κ2) is 8.55. The van der Waals surface area contributed by atoms with E-state index in [1.807, 2.05) is 41.1 Å². The molecule has 5 rings (SSSR count). The van der Waals surface area contributed by atoms with Crippen molar-refractivity contribution >= 4 is 28.8 Å². The van der Waals surface area contributed by atoms with Crippen LogP contribution in [0.3, 0.4) is 0 Å². The zero-order valence-electron chi connectivity index (χ0n) is 17.3. The number of pyridine rings is 1. The first-order chi connectivity index (χ1) is 15.6. The molecule has 2 heterocycles. The monoisotopic (exact) mass is 426 g/mol. The SMILES string of the molecule is O=C(Nc1ccc(NC(=O)C2CC2)cc1)c1cccc(OCc2cn3ccccc3n2)c1. The van der Waals surface area contributed by atoms with Crippen LogP contribution < -0.4 is 15.4 Å². The first-order valence-corrected chi connectivity index (χ1v) is 10.5. The van der Waals surface area contributed by atoms with Gasteiger partial charge in [-0.3, -0.25) is 9.59 Å². The Morgan fingerprint density at radius 2 is 1.75 bits per heavy atom. The zero-order chi connectivity index (χ0) is 21.9. The summed E-state index contributed by atoms with van der Waals surface area (Å²) in [5.74, 6) is 0.560. The average molecular weight is 426 g/mol. The molecule has 0 atom stereocenters. The Hall–Kier alpha value is -4.13. The summed E-state index contributed by atoms with van der Waals surface area (Å²) < 4.78 is 7.78. The number of rotatable bonds is 7. The van der Waals surface area contributed by atoms with Gasteiger partial charge in [-0.2, -0.15) is 0 Å². The molecule has 1 aliphatic carbocycles. The predicted octanol–water partition coefficient (Wildman–Crippen LogP) is 4.51. The number of anilines is 2. The zero-order valence-corrected chi connectivity index (χ0v) is 17.3. The number of hydrogen-bond acceptors (Lipinski definition) is 4. The summed E-state index contributed by atoms with van der Waals surface area (Å²) in [6, 6.07) is 19.9. The Bertz CT molecular complexity index is 1240. The Labute approximate surface area is 185 Å². The Kier molecular flexibility index (Phi) is 5.29. The maximum Gasteiger partial charge on any atom is 0.255 e. The molecule has 7 heteroatoms. The second-order valence-electron chi connectivity index (χ2n) is 7.81. The minimum Gasteiger partial charge on any atom is -0.487 e. The highest BCUT2D eigenvalue weighted by molar-refractivity contribution is 6.04. The molecule has 1 fully saturated rings. The number of nitrogens with one attached hydrogen (secondary N) is 2. The van der Waals surface area contributed by atoms with Gasteiger partial charge in [-0.1, -0.05) is 12.1 Å². The first-order valence-electron chi connectivity index (χ1n) is 10.5. The maximum absolute atomic E-state index is 12.7. The fourth-order valence-corrected chi connectivity index (χ4v) is 3.37. The lowest BCUT2D eigenvalue weighted by Gasteiger charge is -2.09. The normalized spacial score (nSPS) is 13.0. The number of ether oxygens (including phenoxy) is 1. The smallest absolute Gasteiger partial charge is 0.255 e. The van der Waals surface area contributed by atoms with Crippen LogP contribution in [0.2, 0.25) is 0 Å². The fraction of sp³-hybridized carbons (Fsp3) is 0.160. The predicted molar refractivity (Wildman–Crippen MR) is 122 cm³/mol. The Balaban J connectivity index is 1.19. The molecule has 1 aliphatic rings. The molecule has 0 aliphatic heterocycles. The lowest BCUT2D eigenvalue weighted by atomic mass is 10.2. The van der Waals surface area contributed by atoms with Crippen molar-refractivity contribution in [3.05, 3.63) is 90.4 Å². The van der Waals surface area contributed by atoms with Gasteiger partial charge >= 0.3 is 0 Å². The molecule has 0 radical (unpaired) electrons. The van der Waals surface area contributed by atoms with Gasteiger partial charge < -0.3 is 19.8 Å². The molecule has 0 spiro atoms. The molecule has 160 valence electrons. The summed E-state index contributed by atoms with van der Waals surface area (Å²) in [6.07, 6.45) is 5.77. The van der Waals surface area contributed by atoms with E-state index >= 15 is 0 Å². The Morgan fingerprint density at radius 1 is 0.969 bits per heavy atom. The summed E-state index contributed by atoms with van der Waals surface area (Å²) in [7, 11) is 0. The van der Waals surface area contributed by atoms with E-state index in [4.69, 9.17) is 4.74 Å². The quantitative estimate of drug-likeness (QED) is 0.455. The van der Waals surface area contributed by atoms with E-state index in [9.17, 15) is 9.59 Å². The number of nitrogens with zero attached hydrogens (tertiary/aromatic N) is 2. The molecule has 2 N–H and O–H groups in total. The average Bonchev–Trinajstić information content (AvgIpc) is 3.58. The van der Waals surface area contributed by atoms with Gasteiger partial charge in [0.05, 0.1) is 5.69 Å². The van der Waals surface area contributed by atoms with Crippen molar-refractivity contribution in [1.82, 2.24) is 9.38 Å². The fourth-order valence-electron chi connectivity index (χ4n) is 3.37. The van der Waals surface area contributed by atoms with Gasteiger partial charge in [0.2, 0.25) is 5.91 Å². The van der Waals surface area contributed by atoms with Crippen molar-refractivity contribution < 1.29 is 14.3 Å². The second-order valence-corrected chi connectivity index (χ2v) is 7.81. The van der Waals surface area contributed by atoms with E-state index in [2.05, 4.69) is 15.6 Å². The van der Waals surface area contributed by atoms with Crippen LogP contribution in [0.1, 0.15) is 28.9 Å². The number of fused-ring (bicyclic) bond motifs is 1. The summed E-state index contributed by atoms with van der Waals surface area (Å²) >= 11 is 0. The molecule has 0 bridgehead atoms. The molecule has 2 aromatic heterocycles. The van der Waals surface area contributed by atoms with E-state index in [-0.39, 0.29) is 17.7 Å². The molecule has 0 saturated heterocycles. The van der Waals surface area contributed by atoms with Crippen LogP contribution in [0.4, 0.5) is 11.4 Å². The van der Waals surface area contributed by atoms with Crippen molar-refractivity contribution in [3.63, 3.8) is 0 Å². The van der Waals surface area contributed by atoms with Crippen LogP contribution in [0, 0.1) is 5.92 Å². The molecular formula is C25H22N4O3. The molecule has 7 nitrogen and oxygen atoms in total. The van der Waals surface area contributed by atoms with E-state index in [1.165, 1.54) is 0 Å². The first kappa shape index (κ1) is 19.8. The van der Waals surface area contributed by atoms with Gasteiger partial charge in [0.15, 0.2) is 0 Å². The van der Waals surface area contributed by atoms with Gasteiger partial charge in [0.25, 0.3) is 5.91 Å². The van der Waals surface area contributed by atoms with Gasteiger partial charge in [-0.15, -0.1) is 0 Å². The van der Waals surface area contributed by atoms with E-state index < -0.39 is 0 Å². The number of aromatic nitrogens is 2. The summed E-state index contributed by atoms with van der Waals surface area (Å²) in [5, 5.41) is 5.75. The number of carbonyl (C=O) groups is 2. The van der Waals surface area contributed by atoms with Crippen molar-refractivity contribution in [3.8, 4) is 5.75 Å².